The highest BCUT2D eigenvalue weighted by Gasteiger charge is 2.25. The lowest BCUT2D eigenvalue weighted by Gasteiger charge is -2.24. The Morgan fingerprint density at radius 1 is 0.304 bits per heavy atom. The molecule has 0 atom stereocenters. The first-order chi connectivity index (χ1) is 55.3. The van der Waals surface area contributed by atoms with Crippen molar-refractivity contribution in [2.24, 2.45) is 0 Å². The van der Waals surface area contributed by atoms with E-state index in [-0.39, 0.29) is 22.3 Å². The van der Waals surface area contributed by atoms with Gasteiger partial charge in [-0.2, -0.15) is 0 Å². The molecule has 0 aliphatic heterocycles. The minimum atomic E-state index is -1.44. The van der Waals surface area contributed by atoms with Gasteiger partial charge >= 0.3 is 7.12 Å². The maximum absolute atomic E-state index is 9.51. The number of nitrogens with zero attached hydrogens (tertiary/aromatic N) is 6. The molecule has 0 fully saturated rings. The molecule has 0 bridgehead atoms. The summed E-state index contributed by atoms with van der Waals surface area (Å²) in [5.41, 5.74) is 26.9. The minimum Gasteiger partial charge on any atom is -0.423 e. The van der Waals surface area contributed by atoms with Crippen molar-refractivity contribution in [3.63, 3.8) is 0 Å². The van der Waals surface area contributed by atoms with Gasteiger partial charge in [0.2, 0.25) is 0 Å². The fraction of sp³-hybridized carbons (Fsp3) is 0.0476. The number of fused-ring (bicyclic) bond motifs is 12. The third-order valence-electron chi connectivity index (χ3n) is 23.2. The lowest BCUT2D eigenvalue weighted by molar-refractivity contribution is 0.426. The van der Waals surface area contributed by atoms with E-state index in [0.29, 0.717) is 5.46 Å². The maximum Gasteiger partial charge on any atom is 0.489 e. The number of halogens is 1. The van der Waals surface area contributed by atoms with E-state index >= 15 is 0 Å². The second kappa shape index (κ2) is 28.8. The van der Waals surface area contributed by atoms with Gasteiger partial charge < -0.3 is 28.3 Å². The van der Waals surface area contributed by atoms with Crippen molar-refractivity contribution in [2.45, 2.75) is 35.1 Å². The number of pyridine rings is 2. The molecule has 6 heterocycles. The van der Waals surface area contributed by atoms with E-state index in [1.807, 2.05) is 49.1 Å². The van der Waals surface area contributed by atoms with Crippen molar-refractivity contribution in [2.75, 3.05) is 0 Å². The predicted molar refractivity (Wildman–Crippen MR) is 493 cm³/mol. The van der Waals surface area contributed by atoms with Crippen LogP contribution in [-0.4, -0.2) is 45.4 Å². The number of allylic oxidation sites excluding steroid dienone is 3. The number of hydrogen-bond acceptors (Lipinski definition) is 4. The topological polar surface area (TPSA) is 86.0 Å². The van der Waals surface area contributed by atoms with Gasteiger partial charge in [-0.25, -0.2) is 0 Å². The zero-order valence-corrected chi connectivity index (χ0v) is 62.2. The average Bonchev–Trinajstić information content (AvgIpc) is 1.57. The van der Waals surface area contributed by atoms with E-state index < -0.39 is 7.12 Å². The fourth-order valence-electron chi connectivity index (χ4n) is 18.4. The lowest BCUT2D eigenvalue weighted by Crippen LogP contribution is -2.30. The summed E-state index contributed by atoms with van der Waals surface area (Å²) in [6, 6.07) is 115. The van der Waals surface area contributed by atoms with Crippen LogP contribution in [0.25, 0.3) is 198 Å². The number of aromatic nitrogens is 6. The SMILES string of the molecule is Brc1cncc(-c2cc(-n3c4ccccc4c4ccccc43)cc(-n3c4ccccc4c4ccccc43)c2)c1.C.C.C.C1=Cc2ccc3c(-c4cncc(-c5cc(-n6c7ccccc7c7ccccc76)cc(-n6c7ccccc7c7ccccc76)c5)c4)ccc4c3c2C(=CC4)C1.OB(O)c1ccc2ccc3cccc4ccc1c2c34. The molecular weight excluding hydrogens is 1470 g/mol. The van der Waals surface area contributed by atoms with Gasteiger partial charge in [-0.15, -0.1) is 0 Å². The molecule has 24 rings (SSSR count). The molecule has 0 amide bonds. The van der Waals surface area contributed by atoms with Crippen LogP contribution in [0.2, 0.25) is 0 Å². The van der Waals surface area contributed by atoms with E-state index in [9.17, 15) is 10.0 Å². The smallest absolute Gasteiger partial charge is 0.423 e. The van der Waals surface area contributed by atoms with Gasteiger partial charge in [0.1, 0.15) is 0 Å². The number of hydrogen-bond donors (Lipinski definition) is 2. The van der Waals surface area contributed by atoms with Crippen LogP contribution >= 0.6 is 15.9 Å². The molecule has 2 N–H and O–H groups in total. The van der Waals surface area contributed by atoms with Gasteiger partial charge in [-0.3, -0.25) is 9.97 Å². The molecule has 22 aromatic rings. The fourth-order valence-corrected chi connectivity index (χ4v) is 18.8. The van der Waals surface area contributed by atoms with E-state index in [0.717, 1.165) is 84.0 Å². The number of benzene rings is 16. The third kappa shape index (κ3) is 11.7. The highest BCUT2D eigenvalue weighted by atomic mass is 79.9. The van der Waals surface area contributed by atoms with Crippen LogP contribution in [-0.2, 0) is 6.42 Å². The van der Waals surface area contributed by atoms with E-state index in [2.05, 4.69) is 349 Å². The normalized spacial score (nSPS) is 12.2. The second-order valence-electron chi connectivity index (χ2n) is 29.5. The standard InChI is InChI=1S/C51H33N3.C35H22BrN3.C16H11BO2.3CH4/c1-5-16-46-41(12-1)42-13-2-6-17-47(42)53(46)38-27-35(28-39(29-38)54-48-18-7-3-14-43(48)44-15-4-8-19-49(44)54)36-26-37(31-52-30-36)40-24-22-34-21-20-32-10-9-11-33-23-25-45(40)51(34)50(32)33;36-25-17-24(21-37-22-25)23-18-26(38-32-13-5-1-9-28(32)29-10-2-6-14-33(29)38)20-27(19-23)39-34-15-7-3-11-30(34)31-12-4-8-16-35(31)39;18-17(19)14-9-7-12-5-4-10-2-1-3-11-6-8-13(14)16(12)15(10)11;;;/h1-9,11-20,22-31H,10,21H2;1-22H;1-9,18-19H;3*1H4. The first-order valence-electron chi connectivity index (χ1n) is 38.1. The molecule has 8 nitrogen and oxygen atoms in total. The first kappa shape index (κ1) is 71.6. The van der Waals surface area contributed by atoms with E-state index in [4.69, 9.17) is 4.98 Å². The molecule has 10 heteroatoms. The summed E-state index contributed by atoms with van der Waals surface area (Å²) < 4.78 is 10.6. The van der Waals surface area contributed by atoms with Crippen LogP contribution in [0.1, 0.15) is 45.4 Å². The molecule has 0 unspecified atom stereocenters. The van der Waals surface area contributed by atoms with Gasteiger partial charge in [0.05, 0.1) is 44.1 Å². The maximum atomic E-state index is 9.51. The van der Waals surface area contributed by atoms with Gasteiger partial charge in [0.15, 0.2) is 0 Å². The van der Waals surface area contributed by atoms with Crippen molar-refractivity contribution < 1.29 is 10.0 Å². The summed E-state index contributed by atoms with van der Waals surface area (Å²) in [7, 11) is -1.44. The first-order valence-corrected chi connectivity index (χ1v) is 38.9. The van der Waals surface area contributed by atoms with Gasteiger partial charge in [-0.05, 0) is 213 Å². The van der Waals surface area contributed by atoms with Crippen LogP contribution in [0.15, 0.2) is 363 Å². The Bertz CT molecular complexity index is 7230. The molecule has 550 valence electrons. The molecule has 16 aromatic carbocycles. The molecule has 115 heavy (non-hydrogen) atoms. The summed E-state index contributed by atoms with van der Waals surface area (Å²) >= 11 is 3.63. The molecule has 6 aromatic heterocycles. The van der Waals surface area contributed by atoms with Gasteiger partial charge in [0, 0.05) is 112 Å². The Morgan fingerprint density at radius 2 is 0.687 bits per heavy atom. The Labute approximate surface area is 674 Å². The Hall–Kier alpha value is -13.7. The Kier molecular flexibility index (Phi) is 17.9. The quantitative estimate of drug-likeness (QED) is 0.117. The highest BCUT2D eigenvalue weighted by Crippen LogP contribution is 2.46. The molecule has 2 aliphatic rings. The van der Waals surface area contributed by atoms with Crippen molar-refractivity contribution in [3.8, 4) is 56.1 Å². The Balaban J connectivity index is 0.000000126. The van der Waals surface area contributed by atoms with E-state index in [1.54, 1.807) is 6.07 Å². The molecule has 0 saturated carbocycles. The largest absolute Gasteiger partial charge is 0.489 e. The monoisotopic (exact) mass is 1540 g/mol. The summed E-state index contributed by atoms with van der Waals surface area (Å²) in [5, 5.41) is 38.4. The zero-order chi connectivity index (χ0) is 74.2. The van der Waals surface area contributed by atoms with Crippen LogP contribution in [0.5, 0.6) is 0 Å². The van der Waals surface area contributed by atoms with E-state index in [1.165, 1.54) is 142 Å². The van der Waals surface area contributed by atoms with Crippen molar-refractivity contribution in [1.82, 2.24) is 28.2 Å². The summed E-state index contributed by atoms with van der Waals surface area (Å²) in [6.45, 7) is 0. The van der Waals surface area contributed by atoms with Crippen molar-refractivity contribution in [1.29, 1.82) is 0 Å². The molecular formula is C105H78BBrN6O2. The second-order valence-corrected chi connectivity index (χ2v) is 30.4. The summed E-state index contributed by atoms with van der Waals surface area (Å²) in [4.78, 5) is 9.42. The molecule has 0 spiro atoms. The average molecular weight is 1550 g/mol. The zero-order valence-electron chi connectivity index (χ0n) is 60.6. The lowest BCUT2D eigenvalue weighted by atomic mass is 9.75. The molecule has 0 saturated heterocycles. The van der Waals surface area contributed by atoms with Gasteiger partial charge in [-0.1, -0.05) is 265 Å². The minimum absolute atomic E-state index is 0. The predicted octanol–water partition coefficient (Wildman–Crippen LogP) is 27.0. The number of rotatable bonds is 8. The summed E-state index contributed by atoms with van der Waals surface area (Å²) in [6.07, 6.45) is 16.8. The number of para-hydroxylation sites is 8. The summed E-state index contributed by atoms with van der Waals surface area (Å²) in [5.74, 6) is 0. The highest BCUT2D eigenvalue weighted by molar-refractivity contribution is 9.10. The van der Waals surface area contributed by atoms with Crippen LogP contribution in [0, 0.1) is 0 Å². The Morgan fingerprint density at radius 3 is 1.12 bits per heavy atom. The van der Waals surface area contributed by atoms with Crippen LogP contribution < -0.4 is 5.46 Å². The molecule has 2 aliphatic carbocycles. The van der Waals surface area contributed by atoms with Crippen molar-refractivity contribution >= 4 is 170 Å². The van der Waals surface area contributed by atoms with Gasteiger partial charge in [0.25, 0.3) is 0 Å². The van der Waals surface area contributed by atoms with Crippen molar-refractivity contribution in [3.05, 3.63) is 380 Å². The van der Waals surface area contributed by atoms with Crippen LogP contribution in [0.4, 0.5) is 0 Å². The van der Waals surface area contributed by atoms with Crippen LogP contribution in [0.3, 0.4) is 0 Å². The third-order valence-corrected chi connectivity index (χ3v) is 23.7. The molecule has 0 radical (unpaired) electrons.